The van der Waals surface area contributed by atoms with E-state index in [0.29, 0.717) is 6.04 Å². The Labute approximate surface area is 119 Å². The lowest BCUT2D eigenvalue weighted by atomic mass is 10.1. The van der Waals surface area contributed by atoms with Gasteiger partial charge in [-0.2, -0.15) is 0 Å². The summed E-state index contributed by atoms with van der Waals surface area (Å²) in [5.41, 5.74) is 1.11. The summed E-state index contributed by atoms with van der Waals surface area (Å²) in [5.74, 6) is 1.71. The zero-order valence-corrected chi connectivity index (χ0v) is 13.3. The third kappa shape index (κ3) is 3.16. The van der Waals surface area contributed by atoms with E-state index in [0.717, 1.165) is 32.7 Å². The molecule has 0 spiro atoms. The van der Waals surface area contributed by atoms with Crippen molar-refractivity contribution in [2.75, 3.05) is 12.4 Å². The van der Waals surface area contributed by atoms with Gasteiger partial charge in [0.1, 0.15) is 5.75 Å². The van der Waals surface area contributed by atoms with Gasteiger partial charge in [-0.15, -0.1) is 0 Å². The SMILES string of the molecule is CCC(Nc1cc(OC)c(Br)cc1Br)C1CC1. The molecule has 0 amide bonds. The van der Waals surface area contributed by atoms with E-state index >= 15 is 0 Å². The first-order chi connectivity index (χ1) is 8.15. The summed E-state index contributed by atoms with van der Waals surface area (Å²) in [6.45, 7) is 2.24. The molecule has 4 heteroatoms. The third-order valence-electron chi connectivity index (χ3n) is 3.21. The summed E-state index contributed by atoms with van der Waals surface area (Å²) in [7, 11) is 1.69. The number of halogens is 2. The van der Waals surface area contributed by atoms with Gasteiger partial charge in [0.05, 0.1) is 17.3 Å². The fourth-order valence-electron chi connectivity index (χ4n) is 2.05. The van der Waals surface area contributed by atoms with Crippen LogP contribution in [0.2, 0.25) is 0 Å². The molecule has 1 atom stereocenters. The maximum Gasteiger partial charge on any atom is 0.135 e. The Morgan fingerprint density at radius 1 is 1.35 bits per heavy atom. The predicted molar refractivity (Wildman–Crippen MR) is 78.8 cm³/mol. The van der Waals surface area contributed by atoms with Crippen molar-refractivity contribution in [2.24, 2.45) is 5.92 Å². The van der Waals surface area contributed by atoms with Crippen molar-refractivity contribution in [2.45, 2.75) is 32.2 Å². The van der Waals surface area contributed by atoms with Gasteiger partial charge < -0.3 is 10.1 Å². The summed E-state index contributed by atoms with van der Waals surface area (Å²) in [6, 6.07) is 4.65. The number of benzene rings is 1. The van der Waals surface area contributed by atoms with Crippen LogP contribution in [0, 0.1) is 5.92 Å². The minimum absolute atomic E-state index is 0.581. The molecule has 1 aliphatic rings. The lowest BCUT2D eigenvalue weighted by Crippen LogP contribution is -2.20. The zero-order chi connectivity index (χ0) is 12.4. The lowest BCUT2D eigenvalue weighted by Gasteiger charge is -2.19. The maximum absolute atomic E-state index is 5.32. The maximum atomic E-state index is 5.32. The first-order valence-electron chi connectivity index (χ1n) is 5.95. The number of methoxy groups -OCH3 is 1. The highest BCUT2D eigenvalue weighted by Crippen LogP contribution is 2.39. The fourth-order valence-corrected chi connectivity index (χ4v) is 3.32. The van der Waals surface area contributed by atoms with Gasteiger partial charge in [0.25, 0.3) is 0 Å². The Bertz CT molecular complexity index is 405. The zero-order valence-electron chi connectivity index (χ0n) is 10.1. The van der Waals surface area contributed by atoms with Gasteiger partial charge in [0, 0.05) is 16.6 Å². The van der Waals surface area contributed by atoms with Crippen molar-refractivity contribution >= 4 is 37.5 Å². The molecule has 1 N–H and O–H groups in total. The molecule has 1 aromatic rings. The summed E-state index contributed by atoms with van der Waals surface area (Å²) >= 11 is 7.07. The van der Waals surface area contributed by atoms with E-state index in [-0.39, 0.29) is 0 Å². The Kier molecular flexibility index (Phi) is 4.36. The molecule has 0 aromatic heterocycles. The minimum Gasteiger partial charge on any atom is -0.495 e. The second kappa shape index (κ2) is 5.61. The van der Waals surface area contributed by atoms with E-state index in [1.807, 2.05) is 12.1 Å². The number of rotatable bonds is 5. The average Bonchev–Trinajstić information content (AvgIpc) is 3.12. The van der Waals surface area contributed by atoms with Crippen LogP contribution in [-0.2, 0) is 0 Å². The summed E-state index contributed by atoms with van der Waals surface area (Å²) in [5, 5.41) is 3.61. The predicted octanol–water partition coefficient (Wildman–Crippen LogP) is 4.82. The van der Waals surface area contributed by atoms with Crippen molar-refractivity contribution in [3.8, 4) is 5.75 Å². The normalized spacial score (nSPS) is 16.7. The van der Waals surface area contributed by atoms with Crippen LogP contribution in [0.1, 0.15) is 26.2 Å². The lowest BCUT2D eigenvalue weighted by molar-refractivity contribution is 0.412. The molecule has 1 fully saturated rings. The number of hydrogen-bond donors (Lipinski definition) is 1. The largest absolute Gasteiger partial charge is 0.495 e. The number of nitrogens with one attached hydrogen (secondary N) is 1. The molecule has 1 aliphatic carbocycles. The van der Waals surface area contributed by atoms with Crippen molar-refractivity contribution in [3.05, 3.63) is 21.1 Å². The van der Waals surface area contributed by atoms with E-state index in [4.69, 9.17) is 4.74 Å². The van der Waals surface area contributed by atoms with Crippen LogP contribution in [0.15, 0.2) is 21.1 Å². The molecule has 0 aliphatic heterocycles. The average molecular weight is 363 g/mol. The van der Waals surface area contributed by atoms with Crippen molar-refractivity contribution < 1.29 is 4.74 Å². The third-order valence-corrected chi connectivity index (χ3v) is 4.49. The molecule has 0 saturated heterocycles. The highest BCUT2D eigenvalue weighted by atomic mass is 79.9. The first kappa shape index (κ1) is 13.2. The first-order valence-corrected chi connectivity index (χ1v) is 7.53. The minimum atomic E-state index is 0.581. The molecule has 1 saturated carbocycles. The smallest absolute Gasteiger partial charge is 0.135 e. The quantitative estimate of drug-likeness (QED) is 0.810. The van der Waals surface area contributed by atoms with Gasteiger partial charge in [-0.05, 0) is 63.1 Å². The molecular formula is C13H17Br2NO. The monoisotopic (exact) mass is 361 g/mol. The standard InChI is InChI=1S/C13H17Br2NO/c1-3-11(8-4-5-8)16-12-7-13(17-2)10(15)6-9(12)14/h6-8,11,16H,3-5H2,1-2H3. The van der Waals surface area contributed by atoms with Crippen LogP contribution in [0.3, 0.4) is 0 Å². The van der Waals surface area contributed by atoms with Crippen molar-refractivity contribution in [3.63, 3.8) is 0 Å². The topological polar surface area (TPSA) is 21.3 Å². The van der Waals surface area contributed by atoms with Gasteiger partial charge in [-0.25, -0.2) is 0 Å². The van der Waals surface area contributed by atoms with Crippen LogP contribution >= 0.6 is 31.9 Å². The molecule has 0 radical (unpaired) electrons. The molecule has 94 valence electrons. The van der Waals surface area contributed by atoms with Crippen LogP contribution in [0.5, 0.6) is 5.75 Å². The molecule has 0 heterocycles. The van der Waals surface area contributed by atoms with E-state index in [1.54, 1.807) is 7.11 Å². The molecule has 1 aromatic carbocycles. The number of anilines is 1. The molecular weight excluding hydrogens is 346 g/mol. The Morgan fingerprint density at radius 2 is 2.06 bits per heavy atom. The molecule has 2 nitrogen and oxygen atoms in total. The van der Waals surface area contributed by atoms with E-state index < -0.39 is 0 Å². The summed E-state index contributed by atoms with van der Waals surface area (Å²) in [6.07, 6.45) is 3.88. The van der Waals surface area contributed by atoms with E-state index in [2.05, 4.69) is 44.1 Å². The summed E-state index contributed by atoms with van der Waals surface area (Å²) < 4.78 is 7.37. The van der Waals surface area contributed by atoms with Crippen LogP contribution in [0.25, 0.3) is 0 Å². The van der Waals surface area contributed by atoms with Crippen molar-refractivity contribution in [1.82, 2.24) is 0 Å². The van der Waals surface area contributed by atoms with Crippen LogP contribution in [-0.4, -0.2) is 13.2 Å². The highest BCUT2D eigenvalue weighted by molar-refractivity contribution is 9.11. The Balaban J connectivity index is 2.18. The second-order valence-electron chi connectivity index (χ2n) is 4.46. The van der Waals surface area contributed by atoms with Crippen LogP contribution < -0.4 is 10.1 Å². The van der Waals surface area contributed by atoms with Gasteiger partial charge in [0.2, 0.25) is 0 Å². The summed E-state index contributed by atoms with van der Waals surface area (Å²) in [4.78, 5) is 0. The van der Waals surface area contributed by atoms with Crippen molar-refractivity contribution in [1.29, 1.82) is 0 Å². The molecule has 1 unspecified atom stereocenters. The highest BCUT2D eigenvalue weighted by Gasteiger charge is 2.30. The van der Waals surface area contributed by atoms with E-state index in [1.165, 1.54) is 12.8 Å². The fraction of sp³-hybridized carbons (Fsp3) is 0.538. The molecule has 2 rings (SSSR count). The number of ether oxygens (including phenoxy) is 1. The molecule has 0 bridgehead atoms. The Hall–Kier alpha value is -0.220. The van der Waals surface area contributed by atoms with Crippen LogP contribution in [0.4, 0.5) is 5.69 Å². The van der Waals surface area contributed by atoms with E-state index in [9.17, 15) is 0 Å². The second-order valence-corrected chi connectivity index (χ2v) is 6.17. The van der Waals surface area contributed by atoms with Gasteiger partial charge in [0.15, 0.2) is 0 Å². The number of hydrogen-bond acceptors (Lipinski definition) is 2. The van der Waals surface area contributed by atoms with Gasteiger partial charge in [-0.1, -0.05) is 6.92 Å². The van der Waals surface area contributed by atoms with Gasteiger partial charge >= 0.3 is 0 Å². The molecule has 17 heavy (non-hydrogen) atoms. The van der Waals surface area contributed by atoms with Gasteiger partial charge in [-0.3, -0.25) is 0 Å². The Morgan fingerprint density at radius 3 is 2.59 bits per heavy atom.